The molecule has 2 aromatic carbocycles. The van der Waals surface area contributed by atoms with Crippen molar-refractivity contribution in [2.45, 2.75) is 24.8 Å². The normalized spacial score (nSPS) is 16.9. The number of nitrogens with zero attached hydrogens (tertiary/aromatic N) is 4. The molecule has 2 aliphatic rings. The molecule has 1 saturated heterocycles. The molecule has 1 fully saturated rings. The third kappa shape index (κ3) is 5.80. The van der Waals surface area contributed by atoms with Gasteiger partial charge in [0, 0.05) is 54.0 Å². The lowest BCUT2D eigenvalue weighted by Crippen LogP contribution is -2.48. The lowest BCUT2D eigenvalue weighted by molar-refractivity contribution is 0.177. The van der Waals surface area contributed by atoms with E-state index in [-0.39, 0.29) is 11.4 Å². The van der Waals surface area contributed by atoms with Gasteiger partial charge in [-0.1, -0.05) is 59.1 Å². The third-order valence-electron chi connectivity index (χ3n) is 7.41. The first-order valence-electron chi connectivity index (χ1n) is 12.4. The largest absolute Gasteiger partial charge is 0.324 e. The molecule has 5 nitrogen and oxygen atoms in total. The number of aromatic nitrogens is 1. The average molecular weight is 556 g/mol. The number of carbonyl (C=O) groups excluding carboxylic acids is 1. The Balaban J connectivity index is 1.27. The Morgan fingerprint density at radius 2 is 1.76 bits per heavy atom. The van der Waals surface area contributed by atoms with Crippen LogP contribution < -0.4 is 4.90 Å². The zero-order valence-corrected chi connectivity index (χ0v) is 23.0. The van der Waals surface area contributed by atoms with E-state index in [0.717, 1.165) is 54.3 Å². The summed E-state index contributed by atoms with van der Waals surface area (Å²) in [4.78, 5) is 23.8. The monoisotopic (exact) mass is 554 g/mol. The highest BCUT2D eigenvalue weighted by Crippen LogP contribution is 2.48. The topological polar surface area (TPSA) is 39.7 Å². The molecular formula is C29H29Cl3N4O. The van der Waals surface area contributed by atoms with Gasteiger partial charge in [-0.3, -0.25) is 9.80 Å². The van der Waals surface area contributed by atoms with Gasteiger partial charge in [0.1, 0.15) is 5.15 Å². The number of hydrogen-bond acceptors (Lipinski definition) is 3. The van der Waals surface area contributed by atoms with Gasteiger partial charge in [-0.2, -0.15) is 0 Å². The van der Waals surface area contributed by atoms with Crippen molar-refractivity contribution in [3.05, 3.63) is 98.8 Å². The van der Waals surface area contributed by atoms with Crippen LogP contribution >= 0.6 is 34.8 Å². The van der Waals surface area contributed by atoms with Gasteiger partial charge in [0.05, 0.1) is 0 Å². The Kier molecular flexibility index (Phi) is 7.77. The molecule has 0 saturated carbocycles. The number of benzene rings is 2. The second-order valence-corrected chi connectivity index (χ2v) is 11.2. The molecule has 0 N–H and O–H groups in total. The molecule has 0 unspecified atom stereocenters. The standard InChI is InChI=1S/C29H29Cl3N4O/c1-34(19-22-10-13-33-27(32)17-22)28(37)36-20-29(25-18-24(31)8-9-26(25)36)11-15-35(16-12-29)14-2-3-21-4-6-23(30)7-5-21/h2-10,13,17-18H,11-12,14-16,19-20H2,1H3. The molecule has 37 heavy (non-hydrogen) atoms. The molecule has 0 atom stereocenters. The van der Waals surface area contributed by atoms with Crippen LogP contribution in [-0.4, -0.2) is 54.0 Å². The summed E-state index contributed by atoms with van der Waals surface area (Å²) in [6, 6.07) is 17.4. The number of pyridine rings is 1. The highest BCUT2D eigenvalue weighted by Gasteiger charge is 2.46. The molecule has 3 aromatic rings. The summed E-state index contributed by atoms with van der Waals surface area (Å²) in [5, 5.41) is 1.88. The van der Waals surface area contributed by atoms with Crippen LogP contribution in [0.3, 0.4) is 0 Å². The molecular weight excluding hydrogens is 527 g/mol. The maximum Gasteiger partial charge on any atom is 0.324 e. The summed E-state index contributed by atoms with van der Waals surface area (Å²) in [5.74, 6) is 0. The summed E-state index contributed by atoms with van der Waals surface area (Å²) < 4.78 is 0. The number of urea groups is 1. The van der Waals surface area contributed by atoms with E-state index in [1.165, 1.54) is 5.56 Å². The number of rotatable bonds is 5. The van der Waals surface area contributed by atoms with E-state index >= 15 is 0 Å². The second-order valence-electron chi connectivity index (χ2n) is 9.91. The fraction of sp³-hybridized carbons (Fsp3) is 0.310. The molecule has 0 radical (unpaired) electrons. The second kappa shape index (κ2) is 11.0. The van der Waals surface area contributed by atoms with Crippen molar-refractivity contribution in [1.29, 1.82) is 0 Å². The predicted octanol–water partition coefficient (Wildman–Crippen LogP) is 7.16. The smallest absolute Gasteiger partial charge is 0.323 e. The fourth-order valence-electron chi connectivity index (χ4n) is 5.40. The minimum atomic E-state index is -0.0902. The zero-order chi connectivity index (χ0) is 26.0. The molecule has 3 heterocycles. The summed E-state index contributed by atoms with van der Waals surface area (Å²) in [6.07, 6.45) is 7.95. The molecule has 1 aromatic heterocycles. The minimum absolute atomic E-state index is 0.0262. The quantitative estimate of drug-likeness (QED) is 0.314. The van der Waals surface area contributed by atoms with Gasteiger partial charge in [0.2, 0.25) is 0 Å². The van der Waals surface area contributed by atoms with E-state index in [9.17, 15) is 4.79 Å². The molecule has 192 valence electrons. The van der Waals surface area contributed by atoms with Crippen LogP contribution in [0.25, 0.3) is 6.08 Å². The van der Waals surface area contributed by atoms with E-state index in [0.29, 0.717) is 23.3 Å². The highest BCUT2D eigenvalue weighted by molar-refractivity contribution is 6.31. The number of amides is 2. The van der Waals surface area contributed by atoms with Gasteiger partial charge in [-0.25, -0.2) is 9.78 Å². The van der Waals surface area contributed by atoms with Crippen molar-refractivity contribution in [2.75, 3.05) is 38.1 Å². The molecule has 8 heteroatoms. The van der Waals surface area contributed by atoms with Crippen molar-refractivity contribution in [3.63, 3.8) is 0 Å². The molecule has 2 amide bonds. The number of fused-ring (bicyclic) bond motifs is 2. The Hall–Kier alpha value is -2.57. The van der Waals surface area contributed by atoms with E-state index in [4.69, 9.17) is 34.8 Å². The average Bonchev–Trinajstić information content (AvgIpc) is 3.19. The maximum atomic E-state index is 13.6. The van der Waals surface area contributed by atoms with Crippen molar-refractivity contribution in [2.24, 2.45) is 0 Å². The van der Waals surface area contributed by atoms with Crippen LogP contribution in [-0.2, 0) is 12.0 Å². The van der Waals surface area contributed by atoms with Gasteiger partial charge in [0.15, 0.2) is 0 Å². The molecule has 1 spiro atoms. The lowest BCUT2D eigenvalue weighted by atomic mass is 9.74. The molecule has 0 aliphatic carbocycles. The van der Waals surface area contributed by atoms with Crippen molar-refractivity contribution >= 4 is 52.6 Å². The molecule has 0 bridgehead atoms. The van der Waals surface area contributed by atoms with Gasteiger partial charge in [-0.05, 0) is 85.1 Å². The summed E-state index contributed by atoms with van der Waals surface area (Å²) in [7, 11) is 1.83. The number of piperidine rings is 1. The molecule has 5 rings (SSSR count). The van der Waals surface area contributed by atoms with Crippen LogP contribution in [0.5, 0.6) is 0 Å². The Morgan fingerprint density at radius 3 is 2.49 bits per heavy atom. The van der Waals surface area contributed by atoms with Crippen LogP contribution in [0.15, 0.2) is 66.9 Å². The van der Waals surface area contributed by atoms with Gasteiger partial charge < -0.3 is 4.90 Å². The van der Waals surface area contributed by atoms with E-state index in [1.54, 1.807) is 17.2 Å². The van der Waals surface area contributed by atoms with Crippen LogP contribution in [0.1, 0.15) is 29.5 Å². The third-order valence-corrected chi connectivity index (χ3v) is 8.10. The maximum absolute atomic E-state index is 13.6. The van der Waals surface area contributed by atoms with Gasteiger partial charge in [0.25, 0.3) is 0 Å². The summed E-state index contributed by atoms with van der Waals surface area (Å²) in [6.45, 7) is 3.94. The van der Waals surface area contributed by atoms with Crippen LogP contribution in [0.2, 0.25) is 15.2 Å². The van der Waals surface area contributed by atoms with Crippen molar-refractivity contribution in [1.82, 2.24) is 14.8 Å². The Bertz CT molecular complexity index is 1300. The summed E-state index contributed by atoms with van der Waals surface area (Å²) in [5.41, 5.74) is 4.15. The first kappa shape index (κ1) is 26.1. The van der Waals surface area contributed by atoms with E-state index in [2.05, 4.69) is 28.1 Å². The van der Waals surface area contributed by atoms with E-state index < -0.39 is 0 Å². The van der Waals surface area contributed by atoms with Crippen LogP contribution in [0.4, 0.5) is 10.5 Å². The number of carbonyl (C=O) groups is 1. The number of hydrogen-bond donors (Lipinski definition) is 0. The zero-order valence-electron chi connectivity index (χ0n) is 20.7. The Morgan fingerprint density at radius 1 is 1.03 bits per heavy atom. The number of halogens is 3. The first-order chi connectivity index (χ1) is 17.8. The minimum Gasteiger partial charge on any atom is -0.323 e. The molecule has 2 aliphatic heterocycles. The predicted molar refractivity (Wildman–Crippen MR) is 153 cm³/mol. The first-order valence-corrected chi connectivity index (χ1v) is 13.5. The van der Waals surface area contributed by atoms with Crippen LogP contribution in [0, 0.1) is 0 Å². The number of anilines is 1. The lowest BCUT2D eigenvalue weighted by Gasteiger charge is -2.39. The van der Waals surface area contributed by atoms with Gasteiger partial charge in [-0.15, -0.1) is 0 Å². The van der Waals surface area contributed by atoms with E-state index in [1.807, 2.05) is 54.4 Å². The van der Waals surface area contributed by atoms with Crippen molar-refractivity contribution in [3.8, 4) is 0 Å². The van der Waals surface area contributed by atoms with Gasteiger partial charge >= 0.3 is 6.03 Å². The summed E-state index contributed by atoms with van der Waals surface area (Å²) >= 11 is 18.5. The Labute approximate surface area is 233 Å². The number of likely N-dealkylation sites (tertiary alicyclic amines) is 1. The van der Waals surface area contributed by atoms with Crippen molar-refractivity contribution < 1.29 is 4.79 Å². The SMILES string of the molecule is CN(Cc1ccnc(Cl)c1)C(=O)N1CC2(CCN(CC=Cc3ccc(Cl)cc3)CC2)c2cc(Cl)ccc21. The fourth-order valence-corrected chi connectivity index (χ4v) is 5.90. The highest BCUT2D eigenvalue weighted by atomic mass is 35.5.